The second kappa shape index (κ2) is 9.83. The highest BCUT2D eigenvalue weighted by Gasteiger charge is 2.17. The average Bonchev–Trinajstić information content (AvgIpc) is 2.69. The minimum atomic E-state index is -0.488. The monoisotopic (exact) mass is 408 g/mol. The lowest BCUT2D eigenvalue weighted by molar-refractivity contribution is -0.133. The number of nitrogen functional groups attached to an aromatic ring is 1. The van der Waals surface area contributed by atoms with E-state index in [1.807, 2.05) is 0 Å². The van der Waals surface area contributed by atoms with E-state index in [1.54, 1.807) is 19.1 Å². The van der Waals surface area contributed by atoms with Crippen molar-refractivity contribution in [3.63, 3.8) is 0 Å². The van der Waals surface area contributed by atoms with E-state index >= 15 is 0 Å². The van der Waals surface area contributed by atoms with Crippen LogP contribution in [-0.4, -0.2) is 50.4 Å². The number of likely N-dealkylation sites (N-methyl/N-ethyl adjacent to an activating group) is 1. The first-order valence-corrected chi connectivity index (χ1v) is 9.43. The van der Waals surface area contributed by atoms with Crippen molar-refractivity contribution in [2.75, 3.05) is 24.7 Å². The molecular weight excluding hydrogens is 387 g/mol. The first-order valence-electron chi connectivity index (χ1n) is 8.45. The van der Waals surface area contributed by atoms with Crippen LogP contribution in [0, 0.1) is 12.7 Å². The van der Waals surface area contributed by atoms with Crippen LogP contribution in [0.5, 0.6) is 0 Å². The summed E-state index contributed by atoms with van der Waals surface area (Å²) in [5.74, 6) is 4.59. The van der Waals surface area contributed by atoms with Gasteiger partial charge in [-0.1, -0.05) is 23.9 Å². The molecule has 0 aliphatic rings. The number of aryl methyl sites for hydroxylation is 1. The van der Waals surface area contributed by atoms with Gasteiger partial charge in [0.2, 0.25) is 17.0 Å². The zero-order valence-corrected chi connectivity index (χ0v) is 16.3. The van der Waals surface area contributed by atoms with Gasteiger partial charge in [-0.25, -0.2) is 4.39 Å². The second-order valence-corrected chi connectivity index (χ2v) is 6.79. The summed E-state index contributed by atoms with van der Waals surface area (Å²) in [6.45, 7) is 3.69. The van der Waals surface area contributed by atoms with Gasteiger partial charge >= 0.3 is 0 Å². The molecule has 0 saturated carbocycles. The number of nitrogens with one attached hydrogen (secondary N) is 1. The van der Waals surface area contributed by atoms with E-state index in [9.17, 15) is 18.8 Å². The normalized spacial score (nSPS) is 10.5. The molecule has 0 atom stereocenters. The highest BCUT2D eigenvalue weighted by molar-refractivity contribution is 7.99. The van der Waals surface area contributed by atoms with Gasteiger partial charge in [0.25, 0.3) is 5.56 Å². The van der Waals surface area contributed by atoms with Crippen molar-refractivity contribution in [3.05, 3.63) is 51.7 Å². The summed E-state index contributed by atoms with van der Waals surface area (Å²) in [5.41, 5.74) is 0.419. The Labute approximate surface area is 165 Å². The molecule has 28 heavy (non-hydrogen) atoms. The predicted molar refractivity (Wildman–Crippen MR) is 102 cm³/mol. The Morgan fingerprint density at radius 1 is 1.29 bits per heavy atom. The third kappa shape index (κ3) is 5.78. The largest absolute Gasteiger partial charge is 0.350 e. The first-order chi connectivity index (χ1) is 13.3. The zero-order chi connectivity index (χ0) is 20.7. The van der Waals surface area contributed by atoms with Crippen LogP contribution in [0.25, 0.3) is 0 Å². The Kier molecular flexibility index (Phi) is 7.50. The van der Waals surface area contributed by atoms with E-state index in [0.717, 1.165) is 22.0 Å². The molecule has 9 nitrogen and oxygen atoms in total. The minimum absolute atomic E-state index is 0.0482. The zero-order valence-electron chi connectivity index (χ0n) is 15.5. The first kappa shape index (κ1) is 21.4. The van der Waals surface area contributed by atoms with Crippen molar-refractivity contribution in [3.8, 4) is 0 Å². The predicted octanol–water partition coefficient (Wildman–Crippen LogP) is 0.0566. The second-order valence-electron chi connectivity index (χ2n) is 5.84. The number of halogens is 1. The van der Waals surface area contributed by atoms with E-state index in [-0.39, 0.29) is 47.3 Å². The molecule has 0 spiro atoms. The Balaban J connectivity index is 1.87. The van der Waals surface area contributed by atoms with Crippen molar-refractivity contribution in [1.29, 1.82) is 0 Å². The van der Waals surface area contributed by atoms with E-state index in [1.165, 1.54) is 24.0 Å². The highest BCUT2D eigenvalue weighted by Crippen LogP contribution is 2.12. The summed E-state index contributed by atoms with van der Waals surface area (Å²) in [6, 6.07) is 5.77. The van der Waals surface area contributed by atoms with Gasteiger partial charge in [-0.15, -0.1) is 10.2 Å². The van der Waals surface area contributed by atoms with Gasteiger partial charge < -0.3 is 16.1 Å². The van der Waals surface area contributed by atoms with Crippen molar-refractivity contribution < 1.29 is 14.0 Å². The number of hydrogen-bond acceptors (Lipinski definition) is 7. The number of aromatic nitrogens is 3. The lowest BCUT2D eigenvalue weighted by Gasteiger charge is -2.20. The van der Waals surface area contributed by atoms with E-state index in [0.29, 0.717) is 6.54 Å². The van der Waals surface area contributed by atoms with Crippen LogP contribution >= 0.6 is 11.8 Å². The van der Waals surface area contributed by atoms with E-state index in [4.69, 9.17) is 5.84 Å². The maximum absolute atomic E-state index is 12.9. The molecule has 2 aromatic rings. The number of rotatable bonds is 8. The fraction of sp³-hybridized carbons (Fsp3) is 0.353. The molecule has 0 radical (unpaired) electrons. The lowest BCUT2D eigenvalue weighted by Crippen LogP contribution is -2.41. The van der Waals surface area contributed by atoms with Crippen molar-refractivity contribution in [2.45, 2.75) is 25.5 Å². The molecule has 1 aromatic heterocycles. The van der Waals surface area contributed by atoms with Crippen molar-refractivity contribution in [1.82, 2.24) is 25.1 Å². The van der Waals surface area contributed by atoms with Crippen LogP contribution in [0.2, 0.25) is 0 Å². The molecule has 3 N–H and O–H groups in total. The maximum atomic E-state index is 12.9. The Morgan fingerprint density at radius 3 is 2.61 bits per heavy atom. The van der Waals surface area contributed by atoms with Gasteiger partial charge in [0.15, 0.2) is 0 Å². The fourth-order valence-electron chi connectivity index (χ4n) is 2.19. The molecule has 0 aliphatic heterocycles. The standard InChI is InChI=1S/C17H21FN6O3S/c1-3-23(9-14(25)20-8-12-4-6-13(18)7-5-12)15(26)10-28-17-22-21-11(2)16(27)24(17)19/h4-7H,3,8-10,19H2,1-2H3,(H,20,25). The molecule has 11 heteroatoms. The number of nitrogens with two attached hydrogens (primary N) is 1. The smallest absolute Gasteiger partial charge is 0.294 e. The molecule has 1 heterocycles. The average molecular weight is 408 g/mol. The van der Waals surface area contributed by atoms with E-state index < -0.39 is 5.56 Å². The van der Waals surface area contributed by atoms with Gasteiger partial charge in [-0.2, -0.15) is 4.68 Å². The highest BCUT2D eigenvalue weighted by atomic mass is 32.2. The molecule has 2 rings (SSSR count). The Hall–Kier alpha value is -2.95. The number of amides is 2. The summed E-state index contributed by atoms with van der Waals surface area (Å²) in [6.07, 6.45) is 0. The van der Waals surface area contributed by atoms with Gasteiger partial charge in [0.1, 0.15) is 11.5 Å². The van der Waals surface area contributed by atoms with Crippen LogP contribution in [0.3, 0.4) is 0 Å². The molecule has 2 amide bonds. The summed E-state index contributed by atoms with van der Waals surface area (Å²) in [7, 11) is 0. The molecule has 0 bridgehead atoms. The number of nitrogens with zero attached hydrogens (tertiary/aromatic N) is 4. The number of carbonyl (C=O) groups is 2. The van der Waals surface area contributed by atoms with Gasteiger partial charge in [0, 0.05) is 13.1 Å². The molecule has 0 fully saturated rings. The van der Waals surface area contributed by atoms with Crippen LogP contribution in [-0.2, 0) is 16.1 Å². The van der Waals surface area contributed by atoms with Crippen molar-refractivity contribution in [2.24, 2.45) is 0 Å². The molecule has 150 valence electrons. The number of carbonyl (C=O) groups excluding carboxylic acids is 2. The number of thioether (sulfide) groups is 1. The Morgan fingerprint density at radius 2 is 1.96 bits per heavy atom. The number of benzene rings is 1. The summed E-state index contributed by atoms with van der Waals surface area (Å²) in [5, 5.41) is 10.3. The third-order valence-corrected chi connectivity index (χ3v) is 4.74. The number of hydrogen-bond donors (Lipinski definition) is 2. The van der Waals surface area contributed by atoms with Gasteiger partial charge in [-0.05, 0) is 31.5 Å². The Bertz CT molecular complexity index is 903. The van der Waals surface area contributed by atoms with Crippen LogP contribution in [0.4, 0.5) is 4.39 Å². The fourth-order valence-corrected chi connectivity index (χ4v) is 2.95. The summed E-state index contributed by atoms with van der Waals surface area (Å²) >= 11 is 0.966. The quantitative estimate of drug-likeness (QED) is 0.467. The van der Waals surface area contributed by atoms with Crippen LogP contribution in [0.1, 0.15) is 18.2 Å². The van der Waals surface area contributed by atoms with Crippen LogP contribution in [0.15, 0.2) is 34.2 Å². The summed E-state index contributed by atoms with van der Waals surface area (Å²) < 4.78 is 13.7. The SMILES string of the molecule is CCN(CC(=O)NCc1ccc(F)cc1)C(=O)CSc1nnc(C)c(=O)n1N. The third-order valence-electron chi connectivity index (χ3n) is 3.82. The minimum Gasteiger partial charge on any atom is -0.350 e. The van der Waals surface area contributed by atoms with Gasteiger partial charge in [0.05, 0.1) is 12.3 Å². The molecule has 0 saturated heterocycles. The van der Waals surface area contributed by atoms with Crippen LogP contribution < -0.4 is 16.7 Å². The molecular formula is C17H21FN6O3S. The van der Waals surface area contributed by atoms with Crippen molar-refractivity contribution >= 4 is 23.6 Å². The molecule has 0 unspecified atom stereocenters. The summed E-state index contributed by atoms with van der Waals surface area (Å²) in [4.78, 5) is 37.6. The van der Waals surface area contributed by atoms with Gasteiger partial charge in [-0.3, -0.25) is 14.4 Å². The molecule has 1 aromatic carbocycles. The maximum Gasteiger partial charge on any atom is 0.294 e. The molecule has 0 aliphatic carbocycles. The topological polar surface area (TPSA) is 123 Å². The van der Waals surface area contributed by atoms with E-state index in [2.05, 4.69) is 15.5 Å². The lowest BCUT2D eigenvalue weighted by atomic mass is 10.2.